The summed E-state index contributed by atoms with van der Waals surface area (Å²) in [4.78, 5) is 9.67. The summed E-state index contributed by atoms with van der Waals surface area (Å²) in [5.74, 6) is 1.03. The predicted molar refractivity (Wildman–Crippen MR) is 94.3 cm³/mol. The summed E-state index contributed by atoms with van der Waals surface area (Å²) in [5, 5.41) is 5.56. The Kier molecular flexibility index (Phi) is 3.56. The van der Waals surface area contributed by atoms with Crippen LogP contribution in [0.1, 0.15) is 5.56 Å². The van der Waals surface area contributed by atoms with E-state index in [0.717, 1.165) is 59.0 Å². The van der Waals surface area contributed by atoms with E-state index in [-0.39, 0.29) is 0 Å². The Balaban J connectivity index is 1.82. The van der Waals surface area contributed by atoms with Gasteiger partial charge in [-0.15, -0.1) is 11.3 Å². The van der Waals surface area contributed by atoms with Gasteiger partial charge in [0.25, 0.3) is 0 Å². The van der Waals surface area contributed by atoms with E-state index >= 15 is 0 Å². The first-order valence-corrected chi connectivity index (χ1v) is 8.64. The van der Waals surface area contributed by atoms with Crippen molar-refractivity contribution in [3.8, 4) is 0 Å². The van der Waals surface area contributed by atoms with Crippen LogP contribution in [-0.4, -0.2) is 48.9 Å². The van der Waals surface area contributed by atoms with Crippen molar-refractivity contribution in [2.75, 3.05) is 38.5 Å². The number of anilines is 2. The highest BCUT2D eigenvalue weighted by Gasteiger charge is 2.26. The zero-order chi connectivity index (χ0) is 15.1. The largest absolute Gasteiger partial charge is 0.353 e. The van der Waals surface area contributed by atoms with E-state index in [1.165, 1.54) is 0 Å². The molecule has 6 heteroatoms. The van der Waals surface area contributed by atoms with Gasteiger partial charge in [-0.25, -0.2) is 4.99 Å². The topological polar surface area (TPSA) is 30.9 Å². The molecule has 1 N–H and O–H groups in total. The summed E-state index contributed by atoms with van der Waals surface area (Å²) in [5.41, 5.74) is 4.06. The molecule has 0 spiro atoms. The van der Waals surface area contributed by atoms with Crippen molar-refractivity contribution in [2.24, 2.45) is 4.99 Å². The van der Waals surface area contributed by atoms with Crippen molar-refractivity contribution in [1.29, 1.82) is 0 Å². The number of hydrogen-bond acceptors (Lipinski definition) is 5. The summed E-state index contributed by atoms with van der Waals surface area (Å²) < 4.78 is 0.786. The van der Waals surface area contributed by atoms with E-state index in [1.807, 2.05) is 24.3 Å². The maximum absolute atomic E-state index is 6.40. The second-order valence-corrected chi connectivity index (χ2v) is 7.15. The molecule has 1 aromatic carbocycles. The molecule has 0 aliphatic carbocycles. The van der Waals surface area contributed by atoms with Crippen molar-refractivity contribution in [3.63, 3.8) is 0 Å². The number of hydrogen-bond donors (Lipinski definition) is 1. The third-order valence-corrected chi connectivity index (χ3v) is 5.40. The molecule has 0 atom stereocenters. The minimum absolute atomic E-state index is 0.786. The van der Waals surface area contributed by atoms with Crippen LogP contribution in [0.2, 0.25) is 4.34 Å². The third kappa shape index (κ3) is 2.39. The molecule has 2 aromatic rings. The van der Waals surface area contributed by atoms with Gasteiger partial charge in [-0.3, -0.25) is 0 Å². The molecule has 0 bridgehead atoms. The van der Waals surface area contributed by atoms with Crippen LogP contribution >= 0.6 is 22.9 Å². The van der Waals surface area contributed by atoms with E-state index in [9.17, 15) is 0 Å². The fourth-order valence-electron chi connectivity index (χ4n) is 2.86. The summed E-state index contributed by atoms with van der Waals surface area (Å²) in [6.07, 6.45) is 0. The highest BCUT2D eigenvalue weighted by Crippen LogP contribution is 2.41. The Morgan fingerprint density at radius 1 is 1.18 bits per heavy atom. The number of likely N-dealkylation sites (N-methyl/N-ethyl adjacent to an activating group) is 1. The summed E-state index contributed by atoms with van der Waals surface area (Å²) >= 11 is 7.96. The first kappa shape index (κ1) is 14.1. The average molecular weight is 333 g/mol. The molecule has 0 saturated carbocycles. The molecule has 2 aliphatic rings. The fraction of sp³-hybridized carbons (Fsp3) is 0.312. The van der Waals surface area contributed by atoms with Crippen molar-refractivity contribution in [1.82, 2.24) is 9.80 Å². The average Bonchev–Trinajstić information content (AvgIpc) is 2.80. The van der Waals surface area contributed by atoms with Crippen LogP contribution in [0.25, 0.3) is 0 Å². The minimum atomic E-state index is 0.786. The monoisotopic (exact) mass is 332 g/mol. The first-order chi connectivity index (χ1) is 10.7. The zero-order valence-electron chi connectivity index (χ0n) is 12.3. The quantitative estimate of drug-likeness (QED) is 0.796. The Labute approximate surface area is 139 Å². The lowest BCUT2D eigenvalue weighted by Gasteiger charge is -2.34. The van der Waals surface area contributed by atoms with Crippen LogP contribution in [0.5, 0.6) is 0 Å². The molecule has 2 aliphatic heterocycles. The van der Waals surface area contributed by atoms with E-state index < -0.39 is 0 Å². The minimum Gasteiger partial charge on any atom is -0.353 e. The maximum Gasteiger partial charge on any atom is 0.139 e. The van der Waals surface area contributed by atoms with Gasteiger partial charge >= 0.3 is 0 Å². The summed E-state index contributed by atoms with van der Waals surface area (Å²) in [7, 11) is 2.16. The predicted octanol–water partition coefficient (Wildman–Crippen LogP) is 3.78. The Morgan fingerprint density at radius 2 is 1.95 bits per heavy atom. The molecule has 22 heavy (non-hydrogen) atoms. The number of para-hydroxylation sites is 2. The fourth-order valence-corrected chi connectivity index (χ4v) is 3.87. The molecule has 4 rings (SSSR count). The van der Waals surface area contributed by atoms with Gasteiger partial charge in [-0.1, -0.05) is 23.7 Å². The molecule has 3 heterocycles. The summed E-state index contributed by atoms with van der Waals surface area (Å²) in [6.45, 7) is 4.09. The summed E-state index contributed by atoms with van der Waals surface area (Å²) in [6, 6.07) is 8.12. The maximum atomic E-state index is 6.40. The number of nitrogens with zero attached hydrogens (tertiary/aromatic N) is 3. The molecule has 0 unspecified atom stereocenters. The molecule has 4 nitrogen and oxygen atoms in total. The molecular weight excluding hydrogens is 316 g/mol. The number of amidine groups is 1. The van der Waals surface area contributed by atoms with E-state index in [0.29, 0.717) is 0 Å². The zero-order valence-corrected chi connectivity index (χ0v) is 13.9. The normalized spacial score (nSPS) is 18.1. The lowest BCUT2D eigenvalue weighted by molar-refractivity contribution is 0.216. The van der Waals surface area contributed by atoms with Gasteiger partial charge in [0, 0.05) is 31.6 Å². The molecule has 0 amide bonds. The van der Waals surface area contributed by atoms with Crippen LogP contribution in [0, 0.1) is 0 Å². The van der Waals surface area contributed by atoms with Crippen molar-refractivity contribution < 1.29 is 0 Å². The SMILES string of the molecule is CN1CCN(C2=Nc3ccccc3Nc3c2csc3Cl)CC1. The lowest BCUT2D eigenvalue weighted by Crippen LogP contribution is -2.47. The number of benzene rings is 1. The van der Waals surface area contributed by atoms with Crippen molar-refractivity contribution >= 4 is 45.8 Å². The lowest BCUT2D eigenvalue weighted by atomic mass is 10.2. The van der Waals surface area contributed by atoms with Crippen molar-refractivity contribution in [3.05, 3.63) is 39.5 Å². The van der Waals surface area contributed by atoms with Gasteiger partial charge in [-0.05, 0) is 19.2 Å². The Bertz CT molecular complexity index is 731. The van der Waals surface area contributed by atoms with Crippen LogP contribution in [0.15, 0.2) is 34.6 Å². The second kappa shape index (κ2) is 5.57. The number of aliphatic imine (C=N–C) groups is 1. The molecule has 0 radical (unpaired) electrons. The van der Waals surface area contributed by atoms with Crippen LogP contribution < -0.4 is 5.32 Å². The van der Waals surface area contributed by atoms with Crippen LogP contribution in [0.3, 0.4) is 0 Å². The number of piperazine rings is 1. The molecule has 1 saturated heterocycles. The van der Waals surface area contributed by atoms with Gasteiger partial charge in [-0.2, -0.15) is 0 Å². The van der Waals surface area contributed by atoms with Gasteiger partial charge in [0.2, 0.25) is 0 Å². The first-order valence-electron chi connectivity index (χ1n) is 7.38. The molecule has 1 fully saturated rings. The van der Waals surface area contributed by atoms with E-state index in [1.54, 1.807) is 11.3 Å². The second-order valence-electron chi connectivity index (χ2n) is 5.67. The smallest absolute Gasteiger partial charge is 0.139 e. The Morgan fingerprint density at radius 3 is 2.77 bits per heavy atom. The molecule has 114 valence electrons. The Hall–Kier alpha value is -1.56. The van der Waals surface area contributed by atoms with Gasteiger partial charge < -0.3 is 15.1 Å². The number of halogens is 1. The van der Waals surface area contributed by atoms with Gasteiger partial charge in [0.15, 0.2) is 0 Å². The number of thiophene rings is 1. The van der Waals surface area contributed by atoms with E-state index in [2.05, 4.69) is 27.5 Å². The highest BCUT2D eigenvalue weighted by atomic mass is 35.5. The number of nitrogens with one attached hydrogen (secondary N) is 1. The molecular formula is C16H17ClN4S. The van der Waals surface area contributed by atoms with E-state index in [4.69, 9.17) is 16.6 Å². The van der Waals surface area contributed by atoms with Crippen LogP contribution in [-0.2, 0) is 0 Å². The van der Waals surface area contributed by atoms with Crippen LogP contribution in [0.4, 0.5) is 17.1 Å². The standard InChI is InChI=1S/C16H17ClN4S/c1-20-6-8-21(9-7-20)16-11-10-22-15(17)14(11)18-12-4-2-3-5-13(12)19-16/h2-5,10,18H,6-9H2,1H3. The van der Waals surface area contributed by atoms with Gasteiger partial charge in [0.1, 0.15) is 10.2 Å². The highest BCUT2D eigenvalue weighted by molar-refractivity contribution is 7.15. The number of fused-ring (bicyclic) bond motifs is 2. The third-order valence-electron chi connectivity index (χ3n) is 4.18. The molecule has 1 aromatic heterocycles. The van der Waals surface area contributed by atoms with Gasteiger partial charge in [0.05, 0.1) is 22.6 Å². The number of rotatable bonds is 0. The van der Waals surface area contributed by atoms with Crippen molar-refractivity contribution in [2.45, 2.75) is 0 Å².